The number of nitrogens with one attached hydrogen (secondary N) is 1. The molecular formula is C29H35N3O3S. The van der Waals surface area contributed by atoms with E-state index in [1.165, 1.54) is 24.0 Å². The monoisotopic (exact) mass is 505 g/mol. The third-order valence-corrected chi connectivity index (χ3v) is 10.3. The maximum absolute atomic E-state index is 12.6. The lowest BCUT2D eigenvalue weighted by Gasteiger charge is -2.64. The Bertz CT molecular complexity index is 1200. The summed E-state index contributed by atoms with van der Waals surface area (Å²) in [5.41, 5.74) is 2.09. The van der Waals surface area contributed by atoms with Crippen molar-refractivity contribution in [3.05, 3.63) is 59.2 Å². The van der Waals surface area contributed by atoms with Gasteiger partial charge in [0.15, 0.2) is 16.6 Å². The number of ether oxygens (including phenoxy) is 1. The Balaban J connectivity index is 1.23. The van der Waals surface area contributed by atoms with E-state index in [0.29, 0.717) is 23.8 Å². The molecule has 2 heterocycles. The van der Waals surface area contributed by atoms with Crippen LogP contribution in [0.4, 0.5) is 0 Å². The summed E-state index contributed by atoms with van der Waals surface area (Å²) in [5, 5.41) is 27.6. The highest BCUT2D eigenvalue weighted by Gasteiger charge is 2.73. The molecule has 6 nitrogen and oxygen atoms in total. The number of likely N-dealkylation sites (tertiary alicyclic amines) is 1. The van der Waals surface area contributed by atoms with Crippen LogP contribution in [0.25, 0.3) is 0 Å². The molecule has 2 aromatic rings. The molecule has 0 aromatic heterocycles. The SMILES string of the molecule is CN(C(=S)NCc1ccccc1)[C@H]1CC[C@@]2(O)[C@H]3Cc4ccc(O)c5c4[C@@]2(CCN3CC2CC2)[C@H]1O5. The minimum atomic E-state index is -0.868. The van der Waals surface area contributed by atoms with Crippen molar-refractivity contribution in [2.24, 2.45) is 5.92 Å². The number of hydrogen-bond donors (Lipinski definition) is 3. The number of piperidine rings is 1. The van der Waals surface area contributed by atoms with Gasteiger partial charge in [-0.15, -0.1) is 0 Å². The fourth-order valence-corrected chi connectivity index (χ4v) is 8.11. The van der Waals surface area contributed by atoms with Gasteiger partial charge in [-0.1, -0.05) is 36.4 Å². The van der Waals surface area contributed by atoms with Crippen molar-refractivity contribution >= 4 is 17.3 Å². The van der Waals surface area contributed by atoms with Crippen LogP contribution in [0.15, 0.2) is 42.5 Å². The first kappa shape index (κ1) is 22.8. The van der Waals surface area contributed by atoms with Gasteiger partial charge < -0.3 is 25.2 Å². The van der Waals surface area contributed by atoms with Crippen LogP contribution in [-0.2, 0) is 18.4 Å². The van der Waals surface area contributed by atoms with Crippen molar-refractivity contribution in [3.8, 4) is 11.5 Å². The maximum atomic E-state index is 12.6. The molecular weight excluding hydrogens is 470 g/mol. The first-order valence-corrected chi connectivity index (χ1v) is 13.9. The zero-order valence-corrected chi connectivity index (χ0v) is 21.6. The van der Waals surface area contributed by atoms with E-state index in [9.17, 15) is 10.2 Å². The van der Waals surface area contributed by atoms with Crippen molar-refractivity contribution < 1.29 is 14.9 Å². The number of aromatic hydroxyl groups is 1. The lowest BCUT2D eigenvalue weighted by Crippen LogP contribution is -2.78. The standard InChI is InChI=1S/C29H35N3O3S/c1-31(27(36)30-16-18-5-3-2-4-6-18)21-11-12-29(34)23-15-20-9-10-22(33)25-24(20)28(29,26(21)35-25)13-14-32(23)17-19-7-8-19/h2-6,9-10,19,21,23,26,33-34H,7-8,11-17H2,1H3,(H,30,36)/t21-,23+,26-,28-,29+/m0/s1. The predicted octanol–water partition coefficient (Wildman–Crippen LogP) is 3.33. The van der Waals surface area contributed by atoms with Crippen molar-refractivity contribution in [1.29, 1.82) is 0 Å². The van der Waals surface area contributed by atoms with Crippen molar-refractivity contribution in [3.63, 3.8) is 0 Å². The molecule has 1 saturated heterocycles. The molecule has 2 saturated carbocycles. The Morgan fingerprint density at radius 2 is 1.97 bits per heavy atom. The smallest absolute Gasteiger partial charge is 0.169 e. The molecule has 36 heavy (non-hydrogen) atoms. The van der Waals surface area contributed by atoms with Crippen LogP contribution in [0.2, 0.25) is 0 Å². The molecule has 2 aliphatic heterocycles. The highest BCUT2D eigenvalue weighted by atomic mass is 32.1. The van der Waals surface area contributed by atoms with Gasteiger partial charge in [-0.05, 0) is 80.4 Å². The van der Waals surface area contributed by atoms with Crippen LogP contribution in [0, 0.1) is 5.92 Å². The highest BCUT2D eigenvalue weighted by Crippen LogP contribution is 2.66. The van der Waals surface area contributed by atoms with E-state index in [0.717, 1.165) is 43.8 Å². The molecule has 3 N–H and O–H groups in total. The van der Waals surface area contributed by atoms with Gasteiger partial charge in [-0.2, -0.15) is 0 Å². The van der Waals surface area contributed by atoms with Gasteiger partial charge in [-0.25, -0.2) is 0 Å². The molecule has 3 aliphatic carbocycles. The van der Waals surface area contributed by atoms with Gasteiger partial charge >= 0.3 is 0 Å². The molecule has 5 atom stereocenters. The van der Waals surface area contributed by atoms with E-state index < -0.39 is 11.0 Å². The summed E-state index contributed by atoms with van der Waals surface area (Å²) in [7, 11) is 2.04. The normalized spacial score (nSPS) is 34.0. The zero-order chi connectivity index (χ0) is 24.7. The van der Waals surface area contributed by atoms with E-state index in [2.05, 4.69) is 33.3 Å². The zero-order valence-electron chi connectivity index (χ0n) is 20.8. The maximum Gasteiger partial charge on any atom is 0.169 e. The number of thiocarbonyl (C=S) groups is 1. The Hall–Kier alpha value is -2.35. The third kappa shape index (κ3) is 3.12. The number of phenolic OH excluding ortho intramolecular Hbond substituents is 1. The first-order valence-electron chi connectivity index (χ1n) is 13.5. The Labute approximate surface area is 218 Å². The molecule has 5 aliphatic rings. The van der Waals surface area contributed by atoms with Gasteiger partial charge in [0.2, 0.25) is 0 Å². The van der Waals surface area contributed by atoms with E-state index in [-0.39, 0.29) is 23.9 Å². The summed E-state index contributed by atoms with van der Waals surface area (Å²) in [4.78, 5) is 4.71. The Morgan fingerprint density at radius 3 is 2.75 bits per heavy atom. The molecule has 190 valence electrons. The van der Waals surface area contributed by atoms with Crippen LogP contribution in [-0.4, -0.2) is 69.1 Å². The van der Waals surface area contributed by atoms with Crippen LogP contribution in [0.5, 0.6) is 11.5 Å². The molecule has 2 bridgehead atoms. The van der Waals surface area contributed by atoms with E-state index in [1.54, 1.807) is 6.07 Å². The summed E-state index contributed by atoms with van der Waals surface area (Å²) in [6.45, 7) is 2.72. The quantitative estimate of drug-likeness (QED) is 0.539. The topological polar surface area (TPSA) is 68.2 Å². The summed E-state index contributed by atoms with van der Waals surface area (Å²) in [6.07, 6.45) is 5.54. The van der Waals surface area contributed by atoms with Gasteiger partial charge in [0.05, 0.1) is 17.1 Å². The second kappa shape index (κ2) is 8.07. The van der Waals surface area contributed by atoms with Gasteiger partial charge in [0.1, 0.15) is 6.10 Å². The van der Waals surface area contributed by atoms with Crippen LogP contribution < -0.4 is 10.1 Å². The van der Waals surface area contributed by atoms with Crippen LogP contribution >= 0.6 is 12.2 Å². The summed E-state index contributed by atoms with van der Waals surface area (Å²) < 4.78 is 6.69. The van der Waals surface area contributed by atoms with Gasteiger partial charge in [0.25, 0.3) is 0 Å². The number of aliphatic hydroxyl groups is 1. The molecule has 0 unspecified atom stereocenters. The predicted molar refractivity (Wildman–Crippen MR) is 142 cm³/mol. The Kier molecular flexibility index (Phi) is 5.12. The summed E-state index contributed by atoms with van der Waals surface area (Å²) in [6, 6.07) is 14.2. The number of hydrogen-bond acceptors (Lipinski definition) is 5. The largest absolute Gasteiger partial charge is 0.504 e. The van der Waals surface area contributed by atoms with Crippen molar-refractivity contribution in [1.82, 2.24) is 15.1 Å². The fourth-order valence-electron chi connectivity index (χ4n) is 7.90. The minimum Gasteiger partial charge on any atom is -0.504 e. The summed E-state index contributed by atoms with van der Waals surface area (Å²) in [5.74, 6) is 1.56. The molecule has 2 aromatic carbocycles. The van der Waals surface area contributed by atoms with Crippen molar-refractivity contribution in [2.45, 2.75) is 74.3 Å². The second-order valence-corrected chi connectivity index (χ2v) is 12.0. The molecule has 1 spiro atoms. The second-order valence-electron chi connectivity index (χ2n) is 11.7. The average Bonchev–Trinajstić information content (AvgIpc) is 3.63. The van der Waals surface area contributed by atoms with Gasteiger partial charge in [-0.3, -0.25) is 4.90 Å². The third-order valence-electron chi connectivity index (χ3n) is 9.84. The van der Waals surface area contributed by atoms with E-state index in [4.69, 9.17) is 17.0 Å². The van der Waals surface area contributed by atoms with Gasteiger partial charge in [0, 0.05) is 31.7 Å². The van der Waals surface area contributed by atoms with E-state index >= 15 is 0 Å². The number of likely N-dealkylation sites (N-methyl/N-ethyl adjacent to an activating group) is 1. The molecule has 7 heteroatoms. The first-order chi connectivity index (χ1) is 17.4. The molecule has 3 fully saturated rings. The van der Waals surface area contributed by atoms with Crippen LogP contribution in [0.3, 0.4) is 0 Å². The minimum absolute atomic E-state index is 0.00873. The Morgan fingerprint density at radius 1 is 1.17 bits per heavy atom. The van der Waals surface area contributed by atoms with E-state index in [1.807, 2.05) is 25.2 Å². The molecule has 0 radical (unpaired) electrons. The van der Waals surface area contributed by atoms with Crippen LogP contribution in [0.1, 0.15) is 48.8 Å². The van der Waals surface area contributed by atoms with Crippen molar-refractivity contribution in [2.75, 3.05) is 20.1 Å². The summed E-state index contributed by atoms with van der Waals surface area (Å²) >= 11 is 5.85. The molecule has 7 rings (SSSR count). The lowest BCUT2D eigenvalue weighted by atomic mass is 9.48. The lowest BCUT2D eigenvalue weighted by molar-refractivity contribution is -0.196. The number of nitrogens with zero attached hydrogens (tertiary/aromatic N) is 2. The average molecular weight is 506 g/mol. The number of phenols is 1. The number of benzene rings is 2. The molecule has 0 amide bonds. The highest BCUT2D eigenvalue weighted by molar-refractivity contribution is 7.80. The number of rotatable bonds is 5. The fraction of sp³-hybridized carbons (Fsp3) is 0.552.